The molecule has 2 aromatic rings. The summed E-state index contributed by atoms with van der Waals surface area (Å²) in [7, 11) is 1.58. The van der Waals surface area contributed by atoms with Crippen molar-refractivity contribution in [2.45, 2.75) is 12.8 Å². The lowest BCUT2D eigenvalue weighted by Gasteiger charge is -2.35. The van der Waals surface area contributed by atoms with Gasteiger partial charge < -0.3 is 24.0 Å². The van der Waals surface area contributed by atoms with Crippen molar-refractivity contribution in [3.05, 3.63) is 53.6 Å². The summed E-state index contributed by atoms with van der Waals surface area (Å²) in [6.45, 7) is 2.42. The van der Waals surface area contributed by atoms with Crippen LogP contribution in [0, 0.1) is 0 Å². The number of fused-ring (bicyclic) bond motifs is 1. The fourth-order valence-electron chi connectivity index (χ4n) is 3.60. The fraction of sp³-hybridized carbons (Fsp3) is 0.364. The van der Waals surface area contributed by atoms with Crippen LogP contribution in [0.15, 0.2) is 42.5 Å². The Hall–Kier alpha value is -3.22. The minimum atomic E-state index is -0.0311. The topological polar surface area (TPSA) is 68.3 Å². The highest BCUT2D eigenvalue weighted by Gasteiger charge is 2.25. The third-order valence-corrected chi connectivity index (χ3v) is 5.30. The molecular formula is C22H24N2O5. The Kier molecular flexibility index (Phi) is 5.55. The van der Waals surface area contributed by atoms with Gasteiger partial charge in [0, 0.05) is 38.2 Å². The maximum atomic E-state index is 12.7. The summed E-state index contributed by atoms with van der Waals surface area (Å²) in [4.78, 5) is 28.9. The van der Waals surface area contributed by atoms with Crippen LogP contribution in [-0.2, 0) is 11.2 Å². The predicted molar refractivity (Wildman–Crippen MR) is 106 cm³/mol. The molecule has 2 amide bonds. The highest BCUT2D eigenvalue weighted by atomic mass is 16.7. The zero-order valence-corrected chi connectivity index (χ0v) is 16.4. The number of amides is 2. The SMILES string of the molecule is COc1cccc(C(=O)N2CCN(C(=O)CCc3ccc4c(c3)OCO4)CC2)c1. The van der Waals surface area contributed by atoms with Crippen molar-refractivity contribution in [2.24, 2.45) is 0 Å². The second-order valence-corrected chi connectivity index (χ2v) is 7.09. The van der Waals surface area contributed by atoms with Crippen LogP contribution in [0.3, 0.4) is 0 Å². The lowest BCUT2D eigenvalue weighted by Crippen LogP contribution is -2.50. The molecule has 0 bridgehead atoms. The Morgan fingerprint density at radius 2 is 1.72 bits per heavy atom. The van der Waals surface area contributed by atoms with Crippen molar-refractivity contribution in [1.82, 2.24) is 9.80 Å². The first-order valence-electron chi connectivity index (χ1n) is 9.73. The molecule has 4 rings (SSSR count). The highest BCUT2D eigenvalue weighted by molar-refractivity contribution is 5.94. The van der Waals surface area contributed by atoms with Crippen LogP contribution in [0.4, 0.5) is 0 Å². The first kappa shape index (κ1) is 19.1. The molecule has 1 saturated heterocycles. The lowest BCUT2D eigenvalue weighted by atomic mass is 10.1. The standard InChI is InChI=1S/C22H24N2O5/c1-27-18-4-2-3-17(14-18)22(26)24-11-9-23(10-12-24)21(25)8-6-16-5-7-19-20(13-16)29-15-28-19/h2-5,7,13-14H,6,8-12,15H2,1H3. The van der Waals surface area contributed by atoms with Gasteiger partial charge in [0.2, 0.25) is 12.7 Å². The van der Waals surface area contributed by atoms with Crippen LogP contribution in [0.1, 0.15) is 22.3 Å². The Labute approximate surface area is 169 Å². The fourth-order valence-corrected chi connectivity index (χ4v) is 3.60. The molecule has 0 aromatic heterocycles. The molecule has 0 saturated carbocycles. The molecule has 7 heteroatoms. The van der Waals surface area contributed by atoms with E-state index < -0.39 is 0 Å². The number of nitrogens with zero attached hydrogens (tertiary/aromatic N) is 2. The molecule has 0 radical (unpaired) electrons. The average molecular weight is 396 g/mol. The molecule has 0 spiro atoms. The minimum Gasteiger partial charge on any atom is -0.497 e. The van der Waals surface area contributed by atoms with Crippen molar-refractivity contribution < 1.29 is 23.8 Å². The molecule has 152 valence electrons. The summed E-state index contributed by atoms with van der Waals surface area (Å²) in [5.74, 6) is 2.22. The van der Waals surface area contributed by atoms with Crippen LogP contribution >= 0.6 is 0 Å². The molecule has 0 aliphatic carbocycles. The van der Waals surface area contributed by atoms with E-state index in [9.17, 15) is 9.59 Å². The van der Waals surface area contributed by atoms with Crippen molar-refractivity contribution in [2.75, 3.05) is 40.1 Å². The van der Waals surface area contributed by atoms with Crippen molar-refractivity contribution in [3.8, 4) is 17.2 Å². The van der Waals surface area contributed by atoms with Crippen LogP contribution < -0.4 is 14.2 Å². The Morgan fingerprint density at radius 1 is 0.966 bits per heavy atom. The van der Waals surface area contributed by atoms with Gasteiger partial charge in [-0.25, -0.2) is 0 Å². The van der Waals surface area contributed by atoms with E-state index in [1.807, 2.05) is 35.2 Å². The van der Waals surface area contributed by atoms with E-state index in [4.69, 9.17) is 14.2 Å². The van der Waals surface area contributed by atoms with Crippen molar-refractivity contribution >= 4 is 11.8 Å². The van der Waals surface area contributed by atoms with Crippen LogP contribution in [0.5, 0.6) is 17.2 Å². The van der Waals surface area contributed by atoms with E-state index in [2.05, 4.69) is 0 Å². The number of hydrogen-bond acceptors (Lipinski definition) is 5. The zero-order valence-electron chi connectivity index (χ0n) is 16.4. The Balaban J connectivity index is 1.27. The summed E-state index contributed by atoms with van der Waals surface area (Å²) in [5.41, 5.74) is 1.65. The van der Waals surface area contributed by atoms with Gasteiger partial charge in [0.15, 0.2) is 11.5 Å². The molecule has 7 nitrogen and oxygen atoms in total. The lowest BCUT2D eigenvalue weighted by molar-refractivity contribution is -0.132. The molecule has 1 fully saturated rings. The quantitative estimate of drug-likeness (QED) is 0.776. The number of benzene rings is 2. The van der Waals surface area contributed by atoms with E-state index >= 15 is 0 Å². The van der Waals surface area contributed by atoms with Crippen LogP contribution in [0.25, 0.3) is 0 Å². The van der Waals surface area contributed by atoms with E-state index in [0.717, 1.165) is 17.1 Å². The maximum Gasteiger partial charge on any atom is 0.254 e. The third-order valence-electron chi connectivity index (χ3n) is 5.30. The van der Waals surface area contributed by atoms with Gasteiger partial charge in [0.05, 0.1) is 7.11 Å². The summed E-state index contributed by atoms with van der Waals surface area (Å²) in [5, 5.41) is 0. The second-order valence-electron chi connectivity index (χ2n) is 7.09. The van der Waals surface area contributed by atoms with Crippen molar-refractivity contribution in [1.29, 1.82) is 0 Å². The number of rotatable bonds is 5. The third kappa shape index (κ3) is 4.29. The predicted octanol–water partition coefficient (Wildman–Crippen LogP) is 2.34. The second kappa shape index (κ2) is 8.43. The number of piperazine rings is 1. The smallest absolute Gasteiger partial charge is 0.254 e. The van der Waals surface area contributed by atoms with E-state index in [1.54, 1.807) is 24.1 Å². The van der Waals surface area contributed by atoms with Crippen LogP contribution in [-0.4, -0.2) is 61.7 Å². The number of aryl methyl sites for hydroxylation is 1. The molecule has 2 aliphatic rings. The minimum absolute atomic E-state index is 0.0311. The molecule has 2 aromatic carbocycles. The van der Waals surface area contributed by atoms with Gasteiger partial charge in [-0.1, -0.05) is 12.1 Å². The van der Waals surface area contributed by atoms with Gasteiger partial charge in [-0.3, -0.25) is 9.59 Å². The summed E-state index contributed by atoms with van der Waals surface area (Å²) >= 11 is 0. The van der Waals surface area contributed by atoms with Crippen molar-refractivity contribution in [3.63, 3.8) is 0 Å². The largest absolute Gasteiger partial charge is 0.497 e. The zero-order chi connectivity index (χ0) is 20.2. The van der Waals surface area contributed by atoms with Gasteiger partial charge in [-0.05, 0) is 42.3 Å². The maximum absolute atomic E-state index is 12.7. The molecule has 0 unspecified atom stereocenters. The molecule has 0 N–H and O–H groups in total. The summed E-state index contributed by atoms with van der Waals surface area (Å²) in [6.07, 6.45) is 1.09. The van der Waals surface area contributed by atoms with E-state index in [0.29, 0.717) is 50.3 Å². The van der Waals surface area contributed by atoms with Gasteiger partial charge in [0.1, 0.15) is 5.75 Å². The number of carbonyl (C=O) groups excluding carboxylic acids is 2. The molecule has 29 heavy (non-hydrogen) atoms. The number of hydrogen-bond donors (Lipinski definition) is 0. The molecular weight excluding hydrogens is 372 g/mol. The number of methoxy groups -OCH3 is 1. The number of ether oxygens (including phenoxy) is 3. The van der Waals surface area contributed by atoms with Gasteiger partial charge >= 0.3 is 0 Å². The molecule has 2 aliphatic heterocycles. The normalized spacial score (nSPS) is 15.3. The Bertz CT molecular complexity index is 906. The summed E-state index contributed by atoms with van der Waals surface area (Å²) in [6, 6.07) is 12.9. The van der Waals surface area contributed by atoms with E-state index in [1.165, 1.54) is 0 Å². The first-order chi connectivity index (χ1) is 14.1. The molecule has 2 heterocycles. The number of carbonyl (C=O) groups is 2. The molecule has 0 atom stereocenters. The van der Waals surface area contributed by atoms with Gasteiger partial charge in [-0.15, -0.1) is 0 Å². The van der Waals surface area contributed by atoms with Crippen LogP contribution in [0.2, 0.25) is 0 Å². The average Bonchev–Trinajstić information content (AvgIpc) is 3.25. The highest BCUT2D eigenvalue weighted by Crippen LogP contribution is 2.32. The van der Waals surface area contributed by atoms with Gasteiger partial charge in [0.25, 0.3) is 5.91 Å². The first-order valence-corrected chi connectivity index (χ1v) is 9.73. The Morgan fingerprint density at radius 3 is 2.52 bits per heavy atom. The monoisotopic (exact) mass is 396 g/mol. The summed E-state index contributed by atoms with van der Waals surface area (Å²) < 4.78 is 15.9. The van der Waals surface area contributed by atoms with Gasteiger partial charge in [-0.2, -0.15) is 0 Å². The van der Waals surface area contributed by atoms with E-state index in [-0.39, 0.29) is 18.6 Å².